The molecule has 0 bridgehead atoms. The van der Waals surface area contributed by atoms with Gasteiger partial charge in [0, 0.05) is 80.6 Å². The van der Waals surface area contributed by atoms with Crippen LogP contribution in [-0.4, -0.2) is 88.7 Å². The minimum atomic E-state index is -0.185. The van der Waals surface area contributed by atoms with Crippen molar-refractivity contribution in [1.29, 1.82) is 0 Å². The summed E-state index contributed by atoms with van der Waals surface area (Å²) in [7, 11) is 1.56. The van der Waals surface area contributed by atoms with Crippen LogP contribution >= 0.6 is 0 Å². The Balaban J connectivity index is 0.983. The number of nitrogens with zero attached hydrogens (tertiary/aromatic N) is 5. The average molecular weight is 904 g/mol. The van der Waals surface area contributed by atoms with E-state index in [0.29, 0.717) is 98.5 Å². The Labute approximate surface area is 392 Å². The summed E-state index contributed by atoms with van der Waals surface area (Å²) in [5.74, 6) is 1.42. The van der Waals surface area contributed by atoms with Crippen LogP contribution in [0.25, 0.3) is 0 Å². The molecule has 346 valence electrons. The number of rotatable bonds is 20. The van der Waals surface area contributed by atoms with Crippen molar-refractivity contribution >= 4 is 58.5 Å². The highest BCUT2D eigenvalue weighted by Gasteiger charge is 2.38. The number of hydrogen-bond acceptors (Lipinski definition) is 11. The molecular formula is C54H57N5O8. The number of carbonyl (C=O) groups is 3. The van der Waals surface area contributed by atoms with Gasteiger partial charge in [-0.2, -0.15) is 0 Å². The second-order valence-electron chi connectivity index (χ2n) is 17.5. The third-order valence-electron chi connectivity index (χ3n) is 12.6. The second-order valence-corrected chi connectivity index (χ2v) is 17.5. The van der Waals surface area contributed by atoms with Crippen molar-refractivity contribution in [1.82, 2.24) is 0 Å². The summed E-state index contributed by atoms with van der Waals surface area (Å²) in [5, 5.41) is 0. The molecule has 4 aliphatic heterocycles. The lowest BCUT2D eigenvalue weighted by Crippen LogP contribution is -2.37. The molecule has 0 saturated heterocycles. The molecule has 2 amide bonds. The molecule has 4 aliphatic rings. The maximum atomic E-state index is 14.1. The van der Waals surface area contributed by atoms with Gasteiger partial charge in [-0.15, -0.1) is 0 Å². The summed E-state index contributed by atoms with van der Waals surface area (Å²) < 4.78 is 30.6. The lowest BCUT2D eigenvalue weighted by Gasteiger charge is -2.26. The first kappa shape index (κ1) is 45.3. The number of ether oxygens (including phenoxy) is 5. The van der Waals surface area contributed by atoms with E-state index in [2.05, 4.69) is 42.2 Å². The fraction of sp³-hybridized carbons (Fsp3) is 0.352. The van der Waals surface area contributed by atoms with Crippen LogP contribution in [0.3, 0.4) is 0 Å². The highest BCUT2D eigenvalue weighted by atomic mass is 16.5. The minimum Gasteiger partial charge on any atom is -0.493 e. The molecule has 0 radical (unpaired) electrons. The van der Waals surface area contributed by atoms with E-state index in [4.69, 9.17) is 33.7 Å². The van der Waals surface area contributed by atoms with Gasteiger partial charge >= 0.3 is 0 Å². The molecule has 5 aromatic carbocycles. The molecular weight excluding hydrogens is 847 g/mol. The number of anilines is 3. The summed E-state index contributed by atoms with van der Waals surface area (Å²) in [6.07, 6.45) is 7.21. The van der Waals surface area contributed by atoms with E-state index in [1.807, 2.05) is 77.7 Å². The molecule has 67 heavy (non-hydrogen) atoms. The zero-order chi connectivity index (χ0) is 46.4. The van der Waals surface area contributed by atoms with Gasteiger partial charge in [-0.25, -0.2) is 0 Å². The lowest BCUT2D eigenvalue weighted by atomic mass is 10.1. The van der Waals surface area contributed by atoms with E-state index in [-0.39, 0.29) is 42.9 Å². The minimum absolute atomic E-state index is 0.0765. The monoisotopic (exact) mass is 903 g/mol. The molecule has 2 atom stereocenters. The summed E-state index contributed by atoms with van der Waals surface area (Å²) in [6.45, 7) is 9.41. The Morgan fingerprint density at radius 2 is 1.25 bits per heavy atom. The van der Waals surface area contributed by atoms with Crippen LogP contribution in [0.4, 0.5) is 28.4 Å². The van der Waals surface area contributed by atoms with Gasteiger partial charge in [-0.3, -0.25) is 29.4 Å². The van der Waals surface area contributed by atoms with Gasteiger partial charge in [-0.05, 0) is 97.0 Å². The summed E-state index contributed by atoms with van der Waals surface area (Å²) >= 11 is 0. The van der Waals surface area contributed by atoms with Gasteiger partial charge in [-0.1, -0.05) is 43.3 Å². The maximum absolute atomic E-state index is 14.1. The molecule has 0 fully saturated rings. The predicted molar refractivity (Wildman–Crippen MR) is 261 cm³/mol. The van der Waals surface area contributed by atoms with Crippen LogP contribution in [0.15, 0.2) is 101 Å². The zero-order valence-electron chi connectivity index (χ0n) is 38.7. The highest BCUT2D eigenvalue weighted by Crippen LogP contribution is 2.42. The Kier molecular flexibility index (Phi) is 13.8. The number of benzene rings is 5. The Morgan fingerprint density at radius 1 is 0.687 bits per heavy atom. The fourth-order valence-corrected chi connectivity index (χ4v) is 9.33. The van der Waals surface area contributed by atoms with Crippen LogP contribution in [0.5, 0.6) is 17.2 Å². The number of aliphatic imine (C=N–C) groups is 2. The van der Waals surface area contributed by atoms with E-state index in [0.717, 1.165) is 57.7 Å². The van der Waals surface area contributed by atoms with E-state index in [9.17, 15) is 14.4 Å². The molecule has 4 heterocycles. The molecule has 0 spiro atoms. The number of para-hydroxylation sites is 2. The van der Waals surface area contributed by atoms with Crippen molar-refractivity contribution in [3.05, 3.63) is 130 Å². The van der Waals surface area contributed by atoms with E-state index < -0.39 is 0 Å². The molecule has 5 aromatic rings. The molecule has 0 aliphatic carbocycles. The molecule has 0 unspecified atom stereocenters. The number of Topliss-reactive ketones (excluding diaryl/α,β-unsaturated/α-hetero) is 1. The van der Waals surface area contributed by atoms with Gasteiger partial charge in [0.2, 0.25) is 0 Å². The van der Waals surface area contributed by atoms with Crippen molar-refractivity contribution in [2.45, 2.75) is 78.2 Å². The second kappa shape index (κ2) is 20.4. The van der Waals surface area contributed by atoms with Crippen molar-refractivity contribution < 1.29 is 38.1 Å². The Morgan fingerprint density at radius 3 is 1.85 bits per heavy atom. The molecule has 9 rings (SSSR count). The summed E-state index contributed by atoms with van der Waals surface area (Å²) in [5.41, 5.74) is 9.63. The van der Waals surface area contributed by atoms with Crippen LogP contribution in [0.2, 0.25) is 0 Å². The largest absolute Gasteiger partial charge is 0.493 e. The third-order valence-corrected chi connectivity index (χ3v) is 12.6. The maximum Gasteiger partial charge on any atom is 0.261 e. The quantitative estimate of drug-likeness (QED) is 0.0702. The number of fused-ring (bicyclic) bond motifs is 8. The van der Waals surface area contributed by atoms with Gasteiger partial charge in [0.05, 0.1) is 61.5 Å². The predicted octanol–water partition coefficient (Wildman–Crippen LogP) is 9.36. The Hall–Kier alpha value is -6.83. The molecule has 13 heteroatoms. The third kappa shape index (κ3) is 9.84. The van der Waals surface area contributed by atoms with Gasteiger partial charge in [0.15, 0.2) is 11.5 Å². The number of ketones is 1. The normalized spacial score (nSPS) is 16.4. The molecule has 0 saturated carbocycles. The van der Waals surface area contributed by atoms with Crippen molar-refractivity contribution in [3.8, 4) is 17.2 Å². The first-order valence-electron chi connectivity index (χ1n) is 23.2. The van der Waals surface area contributed by atoms with E-state index >= 15 is 0 Å². The van der Waals surface area contributed by atoms with Crippen LogP contribution < -0.4 is 28.9 Å². The highest BCUT2D eigenvalue weighted by molar-refractivity contribution is 6.15. The number of hydrogen-bond donors (Lipinski definition) is 0. The van der Waals surface area contributed by atoms with Gasteiger partial charge in [0.1, 0.15) is 24.7 Å². The zero-order valence-corrected chi connectivity index (χ0v) is 38.7. The van der Waals surface area contributed by atoms with E-state index in [1.165, 1.54) is 0 Å². The van der Waals surface area contributed by atoms with Gasteiger partial charge < -0.3 is 33.4 Å². The summed E-state index contributed by atoms with van der Waals surface area (Å²) in [4.78, 5) is 55.7. The van der Waals surface area contributed by atoms with Crippen LogP contribution in [0, 0.1) is 6.92 Å². The first-order chi connectivity index (χ1) is 32.7. The first-order valence-corrected chi connectivity index (χ1v) is 23.2. The topological polar surface area (TPSA) is 132 Å². The molecule has 13 nitrogen and oxygen atoms in total. The lowest BCUT2D eigenvalue weighted by molar-refractivity contribution is -0.117. The number of amides is 2. The summed E-state index contributed by atoms with van der Waals surface area (Å²) in [6, 6.07) is 29.1. The number of carbonyl (C=O) groups excluding carboxylic acids is 3. The number of methoxy groups -OCH3 is 1. The molecule has 0 N–H and O–H groups in total. The Bertz CT molecular complexity index is 2730. The van der Waals surface area contributed by atoms with Crippen molar-refractivity contribution in [2.24, 2.45) is 9.98 Å². The number of aryl methyl sites for hydroxylation is 1. The average Bonchev–Trinajstić information content (AvgIpc) is 3.83. The van der Waals surface area contributed by atoms with Crippen LogP contribution in [0.1, 0.15) is 81.6 Å². The fourth-order valence-electron chi connectivity index (χ4n) is 9.33. The van der Waals surface area contributed by atoms with Crippen LogP contribution in [-0.2, 0) is 40.3 Å². The smallest absolute Gasteiger partial charge is 0.261 e. The SMILES string of the molecule is CCCOCCOCCN(CCCC(C)=O)c1cc(COc2cc3c(cc2C)C(=O)N2c4ccccc4C[C@H]2C=N3)cc(COc2cc3c(cc2OC)C(=O)N2c4ccccc4C[C@H]2C=N3)c1. The van der Waals surface area contributed by atoms with Gasteiger partial charge in [0.25, 0.3) is 11.8 Å². The molecule has 0 aromatic heterocycles. The standard InChI is InChI=1S/C54H57N5O8/c1-5-18-64-20-21-65-19-17-57(16-10-11-36(3)60)41-24-37(33-66-50-29-46-44(22-35(50)2)53(61)58-42(31-55-46)26-39-12-6-8-14-48(39)58)23-38(25-41)34-67-52-30-47-45(28-51(52)63-4)54(62)59-43(32-56-47)27-40-13-7-9-15-49(40)59/h6-9,12-15,22-25,28-32,42-43H,5,10-11,16-21,26-27,33-34H2,1-4H3/t42-,43-/m0/s1. The van der Waals surface area contributed by atoms with Crippen molar-refractivity contribution in [2.75, 3.05) is 61.3 Å². The van der Waals surface area contributed by atoms with Crippen molar-refractivity contribution in [3.63, 3.8) is 0 Å². The van der Waals surface area contributed by atoms with E-state index in [1.54, 1.807) is 26.2 Å².